The number of ether oxygens (including phenoxy) is 2. The van der Waals surface area contributed by atoms with Gasteiger partial charge >= 0.3 is 6.16 Å². The minimum atomic E-state index is -1.83. The van der Waals surface area contributed by atoms with Crippen LogP contribution in [0.1, 0.15) is 67.3 Å². The van der Waals surface area contributed by atoms with Gasteiger partial charge in [0, 0.05) is 25.6 Å². The van der Waals surface area contributed by atoms with Gasteiger partial charge in [-0.1, -0.05) is 55.3 Å². The lowest BCUT2D eigenvalue weighted by molar-refractivity contribution is -0.124. The summed E-state index contributed by atoms with van der Waals surface area (Å²) in [6.07, 6.45) is 5.89. The van der Waals surface area contributed by atoms with Crippen molar-refractivity contribution < 1.29 is 34.1 Å². The fourth-order valence-electron chi connectivity index (χ4n) is 5.79. The molecule has 1 aliphatic carbocycles. The number of nitrogens with zero attached hydrogens (tertiary/aromatic N) is 2. The molecule has 5 rings (SSSR count). The molecule has 2 amide bonds. The Balaban J connectivity index is 0.000000909. The zero-order valence-electron chi connectivity index (χ0n) is 23.8. The van der Waals surface area contributed by atoms with E-state index in [9.17, 15) is 9.59 Å². The number of hydrogen-bond donors (Lipinski definition) is 2. The fourth-order valence-corrected chi connectivity index (χ4v) is 6.54. The predicted octanol–water partition coefficient (Wildman–Crippen LogP) is 6.37. The molecule has 3 aliphatic rings. The Bertz CT molecular complexity index is 1210. The summed E-state index contributed by atoms with van der Waals surface area (Å²) in [5, 5.41) is 13.8. The van der Waals surface area contributed by atoms with Crippen LogP contribution in [-0.2, 0) is 17.8 Å². The van der Waals surface area contributed by atoms with Gasteiger partial charge in [0.15, 0.2) is 0 Å². The maximum Gasteiger partial charge on any atom is 0.503 e. The number of hydrogen-bond acceptors (Lipinski definition) is 7. The highest BCUT2D eigenvalue weighted by molar-refractivity contribution is 8.14. The van der Waals surface area contributed by atoms with Crippen LogP contribution in [0, 0.1) is 12.8 Å². The van der Waals surface area contributed by atoms with Crippen molar-refractivity contribution in [2.45, 2.75) is 65.0 Å². The molecule has 2 heterocycles. The summed E-state index contributed by atoms with van der Waals surface area (Å²) >= 11 is 1.06. The van der Waals surface area contributed by atoms with Gasteiger partial charge in [-0.25, -0.2) is 4.79 Å². The number of carbonyl (C=O) groups is 3. The maximum absolute atomic E-state index is 11.8. The van der Waals surface area contributed by atoms with Gasteiger partial charge < -0.3 is 19.7 Å². The molecular weight excluding hydrogens is 544 g/mol. The molecule has 0 aromatic heterocycles. The first-order valence-electron chi connectivity index (χ1n) is 14.3. The Morgan fingerprint density at radius 3 is 2.59 bits per heavy atom. The molecule has 0 spiro atoms. The summed E-state index contributed by atoms with van der Waals surface area (Å²) in [5.74, 6) is 2.71. The molecular formula is C31H40N2O7S. The van der Waals surface area contributed by atoms with Crippen molar-refractivity contribution in [3.63, 3.8) is 0 Å². The molecule has 0 radical (unpaired) electrons. The Labute approximate surface area is 245 Å². The largest absolute Gasteiger partial charge is 0.503 e. The van der Waals surface area contributed by atoms with E-state index in [0.717, 1.165) is 60.9 Å². The van der Waals surface area contributed by atoms with Crippen LogP contribution in [-0.4, -0.2) is 69.4 Å². The number of amides is 2. The number of fused-ring (bicyclic) bond motifs is 1. The van der Waals surface area contributed by atoms with Gasteiger partial charge in [-0.2, -0.15) is 0 Å². The molecule has 2 N–H and O–H groups in total. The van der Waals surface area contributed by atoms with Crippen molar-refractivity contribution in [3.05, 3.63) is 58.7 Å². The summed E-state index contributed by atoms with van der Waals surface area (Å²) in [6, 6.07) is 13.4. The number of carboxylic acid groups (broad SMARTS) is 2. The Morgan fingerprint density at radius 2 is 1.90 bits per heavy atom. The molecule has 1 atom stereocenters. The summed E-state index contributed by atoms with van der Waals surface area (Å²) < 4.78 is 11.7. The molecule has 1 saturated carbocycles. The number of imide groups is 1. The molecule has 1 unspecified atom stereocenters. The second-order valence-electron chi connectivity index (χ2n) is 10.9. The van der Waals surface area contributed by atoms with Gasteiger partial charge in [0.05, 0.1) is 18.9 Å². The highest BCUT2D eigenvalue weighted by atomic mass is 32.2. The summed E-state index contributed by atoms with van der Waals surface area (Å²) in [5.41, 5.74) is 5.04. The van der Waals surface area contributed by atoms with E-state index < -0.39 is 6.16 Å². The molecule has 2 aromatic rings. The topological polar surface area (TPSA) is 117 Å². The van der Waals surface area contributed by atoms with Crippen LogP contribution in [0.5, 0.6) is 11.5 Å². The monoisotopic (exact) mass is 584 g/mol. The second kappa shape index (κ2) is 14.6. The Morgan fingerprint density at radius 1 is 1.15 bits per heavy atom. The quantitative estimate of drug-likeness (QED) is 0.328. The van der Waals surface area contributed by atoms with E-state index in [4.69, 9.17) is 24.5 Å². The second-order valence-corrected chi connectivity index (χ2v) is 11.8. The van der Waals surface area contributed by atoms with Crippen LogP contribution in [0.2, 0.25) is 0 Å². The number of benzene rings is 2. The summed E-state index contributed by atoms with van der Waals surface area (Å²) in [7, 11) is 0. The van der Waals surface area contributed by atoms with E-state index >= 15 is 0 Å². The first kappa shape index (κ1) is 30.7. The zero-order valence-corrected chi connectivity index (χ0v) is 24.7. The molecule has 10 heteroatoms. The molecule has 9 nitrogen and oxygen atoms in total. The van der Waals surface area contributed by atoms with Gasteiger partial charge in [-0.3, -0.25) is 19.4 Å². The SMILES string of the molecule is Cc1cc(CN(CC2CCCCC2)C(C)c2ccc3c(c2)CCO3)ccc1OCCN1C(=O)CSC1=O.O=C(O)O. The van der Waals surface area contributed by atoms with Gasteiger partial charge in [0.1, 0.15) is 18.1 Å². The van der Waals surface area contributed by atoms with Crippen molar-refractivity contribution in [1.82, 2.24) is 9.80 Å². The molecule has 41 heavy (non-hydrogen) atoms. The summed E-state index contributed by atoms with van der Waals surface area (Å²) in [6.45, 7) is 7.80. The minimum Gasteiger partial charge on any atom is -0.493 e. The van der Waals surface area contributed by atoms with Crippen LogP contribution >= 0.6 is 11.8 Å². The average molecular weight is 585 g/mol. The molecule has 0 bridgehead atoms. The van der Waals surface area contributed by atoms with Gasteiger partial charge in [-0.15, -0.1) is 0 Å². The molecule has 2 aliphatic heterocycles. The number of aryl methyl sites for hydroxylation is 1. The molecule has 222 valence electrons. The van der Waals surface area contributed by atoms with Gasteiger partial charge in [0.25, 0.3) is 5.24 Å². The smallest absolute Gasteiger partial charge is 0.493 e. The number of thioether (sulfide) groups is 1. The van der Waals surface area contributed by atoms with Crippen LogP contribution in [0.4, 0.5) is 9.59 Å². The Hall–Kier alpha value is -3.24. The number of carbonyl (C=O) groups excluding carboxylic acids is 2. The maximum atomic E-state index is 11.8. The third kappa shape index (κ3) is 8.63. The number of rotatable bonds is 10. The van der Waals surface area contributed by atoms with Crippen molar-refractivity contribution in [1.29, 1.82) is 0 Å². The van der Waals surface area contributed by atoms with E-state index in [1.165, 1.54) is 53.7 Å². The van der Waals surface area contributed by atoms with E-state index in [1.54, 1.807) is 0 Å². The lowest BCUT2D eigenvalue weighted by atomic mass is 9.88. The van der Waals surface area contributed by atoms with Crippen molar-refractivity contribution in [2.75, 3.05) is 32.1 Å². The van der Waals surface area contributed by atoms with E-state index in [1.807, 2.05) is 6.07 Å². The van der Waals surface area contributed by atoms with E-state index in [-0.39, 0.29) is 16.9 Å². The lowest BCUT2D eigenvalue weighted by Crippen LogP contribution is -2.33. The predicted molar refractivity (Wildman–Crippen MR) is 158 cm³/mol. The van der Waals surface area contributed by atoms with Crippen LogP contribution in [0.3, 0.4) is 0 Å². The first-order chi connectivity index (χ1) is 19.7. The van der Waals surface area contributed by atoms with Crippen LogP contribution < -0.4 is 9.47 Å². The van der Waals surface area contributed by atoms with Crippen molar-refractivity contribution in [3.8, 4) is 11.5 Å². The lowest BCUT2D eigenvalue weighted by Gasteiger charge is -2.34. The highest BCUT2D eigenvalue weighted by Crippen LogP contribution is 2.33. The van der Waals surface area contributed by atoms with Crippen LogP contribution in [0.15, 0.2) is 36.4 Å². The standard InChI is InChI=1S/C30H38N2O4S.CH2O3/c1-21-16-24(8-10-27(21)36-15-13-32-29(33)20-37-30(32)34)19-31(18-23-6-4-3-5-7-23)22(2)25-9-11-28-26(17-25)12-14-35-28;2-1(3)4/h8-11,16-17,22-23H,3-7,12-15,18-20H2,1-2H3;(H2,2,3,4). The molecule has 2 fully saturated rings. The normalized spacial score (nSPS) is 17.6. The van der Waals surface area contributed by atoms with Gasteiger partial charge in [0.2, 0.25) is 5.91 Å². The average Bonchev–Trinajstić information content (AvgIpc) is 3.55. The molecule has 1 saturated heterocycles. The molecule has 2 aromatic carbocycles. The first-order valence-corrected chi connectivity index (χ1v) is 15.3. The van der Waals surface area contributed by atoms with E-state index in [0.29, 0.717) is 19.2 Å². The summed E-state index contributed by atoms with van der Waals surface area (Å²) in [4.78, 5) is 36.1. The van der Waals surface area contributed by atoms with Crippen molar-refractivity contribution in [2.24, 2.45) is 5.92 Å². The minimum absolute atomic E-state index is 0.131. The van der Waals surface area contributed by atoms with Crippen molar-refractivity contribution >= 4 is 29.1 Å². The zero-order chi connectivity index (χ0) is 29.4. The fraction of sp³-hybridized carbons (Fsp3) is 0.516. The highest BCUT2D eigenvalue weighted by Gasteiger charge is 2.29. The van der Waals surface area contributed by atoms with Crippen LogP contribution in [0.25, 0.3) is 0 Å². The van der Waals surface area contributed by atoms with E-state index in [2.05, 4.69) is 49.1 Å². The third-order valence-corrected chi connectivity index (χ3v) is 8.86. The van der Waals surface area contributed by atoms with Gasteiger partial charge in [-0.05, 0) is 67.0 Å². The third-order valence-electron chi connectivity index (χ3n) is 8.00. The Kier molecular flexibility index (Phi) is 10.9.